The fraction of sp³-hybridized carbons (Fsp3) is 1.00. The van der Waals surface area contributed by atoms with Crippen LogP contribution in [0.3, 0.4) is 0 Å². The first-order chi connectivity index (χ1) is 9.70. The number of ether oxygens (including phenoxy) is 1. The van der Waals surface area contributed by atoms with Gasteiger partial charge in [0, 0.05) is 0 Å². The first-order valence-corrected chi connectivity index (χ1v) is 10.6. The second kappa shape index (κ2) is 7.04. The first kappa shape index (κ1) is 20.3. The highest BCUT2D eigenvalue weighted by atomic mass is 31.2. The summed E-state index contributed by atoms with van der Waals surface area (Å²) in [5, 5.41) is 19.1. The summed E-state index contributed by atoms with van der Waals surface area (Å²) in [5.74, 6) is -1.54. The molecule has 1 unspecified atom stereocenters. The van der Waals surface area contributed by atoms with Crippen LogP contribution in [0.25, 0.3) is 0 Å². The van der Waals surface area contributed by atoms with Gasteiger partial charge in [-0.15, -0.1) is 0 Å². The standard InChI is InChI=1S/C6H15O13P3/c7-4-3(1-17-22(14,15)16)18-6(5(4)8)19-21(12,13)2-20(9,10)11/h3-8H,1-2H2,(H,12,13)(H2,9,10,11)(H2,14,15,16)/t3-,4-,5-,6-/m1/s1. The zero-order chi connectivity index (χ0) is 17.3. The van der Waals surface area contributed by atoms with Gasteiger partial charge in [0.1, 0.15) is 18.3 Å². The van der Waals surface area contributed by atoms with Crippen LogP contribution >= 0.6 is 23.0 Å². The average Bonchev–Trinajstić information content (AvgIpc) is 2.49. The lowest BCUT2D eigenvalue weighted by atomic mass is 10.1. The molecule has 1 heterocycles. The lowest BCUT2D eigenvalue weighted by molar-refractivity contribution is -0.119. The molecule has 13 nitrogen and oxygen atoms in total. The van der Waals surface area contributed by atoms with Gasteiger partial charge in [0.2, 0.25) is 0 Å². The lowest BCUT2D eigenvalue weighted by Crippen LogP contribution is -2.34. The maximum Gasteiger partial charge on any atom is 0.469 e. The summed E-state index contributed by atoms with van der Waals surface area (Å²) >= 11 is 0. The van der Waals surface area contributed by atoms with Crippen LogP contribution in [0.5, 0.6) is 0 Å². The molecule has 1 fully saturated rings. The Kier molecular flexibility index (Phi) is 6.51. The second-order valence-electron chi connectivity index (χ2n) is 4.36. The normalized spacial score (nSPS) is 32.9. The van der Waals surface area contributed by atoms with Gasteiger partial charge in [0.05, 0.1) is 6.61 Å². The van der Waals surface area contributed by atoms with Crippen LogP contribution in [0, 0.1) is 0 Å². The van der Waals surface area contributed by atoms with E-state index >= 15 is 0 Å². The lowest BCUT2D eigenvalue weighted by Gasteiger charge is -2.19. The van der Waals surface area contributed by atoms with E-state index in [2.05, 4.69) is 9.05 Å². The molecule has 0 aliphatic carbocycles. The largest absolute Gasteiger partial charge is 0.469 e. The van der Waals surface area contributed by atoms with Crippen LogP contribution in [0.15, 0.2) is 0 Å². The van der Waals surface area contributed by atoms with Crippen molar-refractivity contribution in [2.75, 3.05) is 12.5 Å². The molecule has 0 bridgehead atoms. The highest BCUT2D eigenvalue weighted by molar-refractivity contribution is 7.70. The quantitative estimate of drug-likeness (QED) is 0.232. The van der Waals surface area contributed by atoms with Crippen LogP contribution in [0.4, 0.5) is 0 Å². The van der Waals surface area contributed by atoms with Gasteiger partial charge in [0.15, 0.2) is 12.2 Å². The van der Waals surface area contributed by atoms with E-state index in [1.807, 2.05) is 0 Å². The molecular formula is C6H15O13P3. The van der Waals surface area contributed by atoms with Crippen molar-refractivity contribution < 1.29 is 62.2 Å². The number of aliphatic hydroxyl groups excluding tert-OH is 2. The Hall–Kier alpha value is 0.290. The van der Waals surface area contributed by atoms with Gasteiger partial charge < -0.3 is 39.4 Å². The highest BCUT2D eigenvalue weighted by Gasteiger charge is 2.47. The van der Waals surface area contributed by atoms with Crippen LogP contribution in [-0.4, -0.2) is 71.8 Å². The van der Waals surface area contributed by atoms with E-state index < -0.39 is 60.1 Å². The Balaban J connectivity index is 2.68. The smallest absolute Gasteiger partial charge is 0.387 e. The molecule has 0 amide bonds. The molecule has 0 spiro atoms. The van der Waals surface area contributed by atoms with Crippen LogP contribution in [0.1, 0.15) is 0 Å². The molecule has 0 aromatic carbocycles. The van der Waals surface area contributed by atoms with Crippen molar-refractivity contribution in [3.63, 3.8) is 0 Å². The van der Waals surface area contributed by atoms with Crippen molar-refractivity contribution in [3.8, 4) is 0 Å². The molecule has 1 saturated heterocycles. The SMILES string of the molecule is O=P(O)(O)CP(=O)(O)O[C@H]1O[C@H](COP(=O)(O)O)[C@@H](O)[C@H]1O. The number of rotatable bonds is 7. The summed E-state index contributed by atoms with van der Waals surface area (Å²) in [4.78, 5) is 43.5. The Morgan fingerprint density at radius 2 is 1.50 bits per heavy atom. The van der Waals surface area contributed by atoms with Crippen molar-refractivity contribution in [1.29, 1.82) is 0 Å². The van der Waals surface area contributed by atoms with E-state index in [0.717, 1.165) is 0 Å². The predicted octanol–water partition coefficient (Wildman–Crippen LogP) is -2.12. The number of phosphoric ester groups is 1. The van der Waals surface area contributed by atoms with E-state index in [1.165, 1.54) is 0 Å². The fourth-order valence-corrected chi connectivity index (χ4v) is 4.51. The van der Waals surface area contributed by atoms with Gasteiger partial charge in [-0.05, 0) is 0 Å². The average molecular weight is 388 g/mol. The van der Waals surface area contributed by atoms with Crippen molar-refractivity contribution in [3.05, 3.63) is 0 Å². The van der Waals surface area contributed by atoms with Crippen LogP contribution in [0.2, 0.25) is 0 Å². The minimum Gasteiger partial charge on any atom is -0.387 e. The van der Waals surface area contributed by atoms with Crippen molar-refractivity contribution >= 4 is 23.0 Å². The Morgan fingerprint density at radius 1 is 0.955 bits per heavy atom. The highest BCUT2D eigenvalue weighted by Crippen LogP contribution is 2.56. The van der Waals surface area contributed by atoms with Gasteiger partial charge in [-0.2, -0.15) is 0 Å². The van der Waals surface area contributed by atoms with Crippen LogP contribution in [-0.2, 0) is 27.5 Å². The zero-order valence-corrected chi connectivity index (χ0v) is 13.3. The summed E-state index contributed by atoms with van der Waals surface area (Å²) in [6.07, 6.45) is -7.11. The number of hydrogen-bond donors (Lipinski definition) is 7. The molecular weight excluding hydrogens is 373 g/mol. The second-order valence-corrected chi connectivity index (χ2v) is 9.55. The molecule has 1 rings (SSSR count). The molecule has 7 N–H and O–H groups in total. The van der Waals surface area contributed by atoms with E-state index in [0.29, 0.717) is 0 Å². The fourth-order valence-electron chi connectivity index (χ4n) is 1.54. The van der Waals surface area contributed by atoms with E-state index in [1.54, 1.807) is 0 Å². The third-order valence-corrected chi connectivity index (χ3v) is 6.28. The van der Waals surface area contributed by atoms with Crippen LogP contribution < -0.4 is 0 Å². The van der Waals surface area contributed by atoms with Crippen molar-refractivity contribution in [2.24, 2.45) is 0 Å². The number of aliphatic hydroxyl groups is 2. The molecule has 0 saturated carbocycles. The summed E-state index contributed by atoms with van der Waals surface area (Å²) in [6.45, 7) is -0.864. The topological polar surface area (TPSA) is 221 Å². The molecule has 5 atom stereocenters. The van der Waals surface area contributed by atoms with E-state index in [-0.39, 0.29) is 0 Å². The number of phosphoric acid groups is 1. The number of hydrogen-bond acceptors (Lipinski definition) is 8. The Labute approximate surface area is 123 Å². The summed E-state index contributed by atoms with van der Waals surface area (Å²) < 4.78 is 45.8. The molecule has 1 aliphatic heterocycles. The molecule has 132 valence electrons. The van der Waals surface area contributed by atoms with Gasteiger partial charge in [0.25, 0.3) is 0 Å². The summed E-state index contributed by atoms with van der Waals surface area (Å²) in [6, 6.07) is 0. The van der Waals surface area contributed by atoms with Gasteiger partial charge in [-0.25, -0.2) is 4.57 Å². The van der Waals surface area contributed by atoms with Gasteiger partial charge in [-0.3, -0.25) is 18.2 Å². The maximum absolute atomic E-state index is 11.5. The first-order valence-electron chi connectivity index (χ1n) is 5.47. The van der Waals surface area contributed by atoms with Gasteiger partial charge in [-0.1, -0.05) is 0 Å². The minimum atomic E-state index is -4.89. The molecule has 0 aromatic rings. The molecule has 1 aliphatic rings. The molecule has 22 heavy (non-hydrogen) atoms. The van der Waals surface area contributed by atoms with Crippen molar-refractivity contribution in [2.45, 2.75) is 24.6 Å². The van der Waals surface area contributed by atoms with E-state index in [4.69, 9.17) is 24.3 Å². The predicted molar refractivity (Wildman–Crippen MR) is 66.5 cm³/mol. The third-order valence-electron chi connectivity index (χ3n) is 2.36. The Bertz CT molecular complexity index is 522. The zero-order valence-electron chi connectivity index (χ0n) is 10.6. The monoisotopic (exact) mass is 388 g/mol. The molecule has 0 aromatic heterocycles. The minimum absolute atomic E-state index is 0.864. The molecule has 16 heteroatoms. The van der Waals surface area contributed by atoms with Gasteiger partial charge >= 0.3 is 23.0 Å². The molecule has 0 radical (unpaired) electrons. The summed E-state index contributed by atoms with van der Waals surface area (Å²) in [5.41, 5.74) is 0. The van der Waals surface area contributed by atoms with Crippen molar-refractivity contribution in [1.82, 2.24) is 0 Å². The van der Waals surface area contributed by atoms with E-state index in [9.17, 15) is 28.8 Å². The summed E-state index contributed by atoms with van der Waals surface area (Å²) in [7, 11) is -14.6. The maximum atomic E-state index is 11.5. The third kappa shape index (κ3) is 6.81. The Morgan fingerprint density at radius 3 is 1.95 bits per heavy atom.